The van der Waals surface area contributed by atoms with E-state index in [0.29, 0.717) is 6.61 Å². The molecule has 1 aromatic carbocycles. The summed E-state index contributed by atoms with van der Waals surface area (Å²) in [6.45, 7) is 12.1. The molecule has 26 heavy (non-hydrogen) atoms. The zero-order valence-corrected chi connectivity index (χ0v) is 16.3. The number of hydrogen-bond acceptors (Lipinski definition) is 6. The van der Waals surface area contributed by atoms with Crippen molar-refractivity contribution in [2.24, 2.45) is 0 Å². The third-order valence-corrected chi connectivity index (χ3v) is 4.95. The van der Waals surface area contributed by atoms with E-state index in [2.05, 4.69) is 29.1 Å². The summed E-state index contributed by atoms with van der Waals surface area (Å²) in [6, 6.07) is 5.89. The molecule has 1 atom stereocenters. The van der Waals surface area contributed by atoms with E-state index in [-0.39, 0.29) is 6.61 Å². The van der Waals surface area contributed by atoms with Crippen LogP contribution >= 0.6 is 0 Å². The molecule has 2 rings (SSSR count). The molecule has 0 radical (unpaired) electrons. The van der Waals surface area contributed by atoms with E-state index in [1.54, 1.807) is 0 Å². The van der Waals surface area contributed by atoms with Gasteiger partial charge in [-0.05, 0) is 18.7 Å². The molecule has 1 aliphatic rings. The number of ether oxygens (including phenoxy) is 1. The molecule has 0 amide bonds. The van der Waals surface area contributed by atoms with Crippen molar-refractivity contribution in [2.45, 2.75) is 6.92 Å². The number of nitrogens with one attached hydrogen (secondary N) is 2. The van der Waals surface area contributed by atoms with Crippen LogP contribution in [0.5, 0.6) is 5.75 Å². The van der Waals surface area contributed by atoms with Crippen LogP contribution in [0, 0.1) is 0 Å². The lowest BCUT2D eigenvalue weighted by atomic mass is 10.2. The third kappa shape index (κ3) is 6.64. The first kappa shape index (κ1) is 20.8. The summed E-state index contributed by atoms with van der Waals surface area (Å²) < 4.78 is 5.71. The number of likely N-dealkylation sites (N-methyl/N-ethyl adjacent to an activating group) is 2. The average Bonchev–Trinajstić information content (AvgIpc) is 2.64. The Kier molecular flexibility index (Phi) is 8.97. The Labute approximate surface area is 157 Å². The van der Waals surface area contributed by atoms with E-state index < -0.39 is 0 Å². The number of nitrogens with two attached hydrogens (primary N) is 1. The van der Waals surface area contributed by atoms with E-state index in [1.165, 1.54) is 4.90 Å². The second kappa shape index (κ2) is 11.2. The van der Waals surface area contributed by atoms with Crippen LogP contribution in [0.4, 0.5) is 11.4 Å². The van der Waals surface area contributed by atoms with Crippen LogP contribution in [0.25, 0.3) is 0 Å². The number of benzene rings is 1. The molecule has 0 aliphatic carbocycles. The van der Waals surface area contributed by atoms with Gasteiger partial charge in [-0.15, -0.1) is 0 Å². The number of nitrogen functional groups attached to an aromatic ring is 1. The van der Waals surface area contributed by atoms with E-state index in [9.17, 15) is 0 Å². The van der Waals surface area contributed by atoms with Crippen molar-refractivity contribution in [1.82, 2.24) is 10.2 Å². The molecule has 7 nitrogen and oxygen atoms in total. The molecule has 0 aromatic heterocycles. The van der Waals surface area contributed by atoms with Gasteiger partial charge in [0, 0.05) is 44.5 Å². The number of nitrogens with zero attached hydrogens (tertiary/aromatic N) is 2. The Morgan fingerprint density at radius 2 is 2.15 bits per heavy atom. The minimum Gasteiger partial charge on any atom is -0.489 e. The maximum Gasteiger partial charge on any atom is 0.144 e. The third-order valence-electron chi connectivity index (χ3n) is 4.95. The maximum atomic E-state index is 8.98. The molecular weight excluding hydrogens is 330 g/mol. The van der Waals surface area contributed by atoms with Gasteiger partial charge in [0.15, 0.2) is 0 Å². The van der Waals surface area contributed by atoms with Gasteiger partial charge in [0.05, 0.1) is 32.4 Å². The molecule has 1 aromatic rings. The van der Waals surface area contributed by atoms with E-state index in [0.717, 1.165) is 76.0 Å². The fourth-order valence-electron chi connectivity index (χ4n) is 3.20. The van der Waals surface area contributed by atoms with Crippen LogP contribution in [0.2, 0.25) is 0 Å². The molecule has 0 bridgehead atoms. The zero-order chi connectivity index (χ0) is 18.8. The summed E-state index contributed by atoms with van der Waals surface area (Å²) >= 11 is 0. The first-order valence-corrected chi connectivity index (χ1v) is 9.76. The molecule has 0 saturated heterocycles. The molecule has 0 spiro atoms. The molecule has 1 aliphatic heterocycles. The monoisotopic (exact) mass is 366 g/mol. The Morgan fingerprint density at radius 1 is 1.31 bits per heavy atom. The zero-order valence-electron chi connectivity index (χ0n) is 16.3. The lowest BCUT2D eigenvalue weighted by molar-refractivity contribution is -0.879. The van der Waals surface area contributed by atoms with Crippen LogP contribution < -0.4 is 25.6 Å². The number of aliphatic hydroxyl groups excluding tert-OH is 1. The standard InChI is InChI=1S/C19H35N5O2/c1-3-23(11-10-22(2)12-14-25)8-6-21-7-9-24-13-15-26-19-16-17(20)4-5-18(19)24/h4-5,16,21,25H,3,6-15,20H2,1-2H3/p+1. The predicted octanol–water partition coefficient (Wildman–Crippen LogP) is -1.11. The number of rotatable bonds is 12. The largest absolute Gasteiger partial charge is 0.489 e. The van der Waals surface area contributed by atoms with Gasteiger partial charge in [-0.1, -0.05) is 6.92 Å². The second-order valence-corrected chi connectivity index (χ2v) is 6.93. The molecule has 5 N–H and O–H groups in total. The summed E-state index contributed by atoms with van der Waals surface area (Å²) in [7, 11) is 2.14. The SMILES string of the molecule is CCN(CCNCCN1CCOc2cc(N)ccc21)CC[NH+](C)CCO. The minimum absolute atomic E-state index is 0.261. The first-order valence-electron chi connectivity index (χ1n) is 9.76. The highest BCUT2D eigenvalue weighted by Crippen LogP contribution is 2.32. The topological polar surface area (TPSA) is 78.4 Å². The number of fused-ring (bicyclic) bond motifs is 1. The van der Waals surface area contributed by atoms with Crippen molar-refractivity contribution in [3.8, 4) is 5.75 Å². The maximum absolute atomic E-state index is 8.98. The fraction of sp³-hybridized carbons (Fsp3) is 0.684. The summed E-state index contributed by atoms with van der Waals surface area (Å²) in [4.78, 5) is 6.20. The van der Waals surface area contributed by atoms with Crippen molar-refractivity contribution in [1.29, 1.82) is 0 Å². The summed E-state index contributed by atoms with van der Waals surface area (Å²) in [5.41, 5.74) is 7.72. The molecule has 1 heterocycles. The van der Waals surface area contributed by atoms with Crippen LogP contribution in [0.15, 0.2) is 18.2 Å². The van der Waals surface area contributed by atoms with Crippen molar-refractivity contribution < 1.29 is 14.7 Å². The van der Waals surface area contributed by atoms with Crippen molar-refractivity contribution in [2.75, 3.05) is 89.8 Å². The highest BCUT2D eigenvalue weighted by atomic mass is 16.5. The molecular formula is C19H36N5O2+. The Hall–Kier alpha value is -1.54. The minimum atomic E-state index is 0.261. The second-order valence-electron chi connectivity index (χ2n) is 6.93. The number of hydrogen-bond donors (Lipinski definition) is 4. The molecule has 0 fully saturated rings. The Morgan fingerprint density at radius 3 is 2.92 bits per heavy atom. The van der Waals surface area contributed by atoms with Crippen LogP contribution in [-0.2, 0) is 0 Å². The van der Waals surface area contributed by atoms with Crippen molar-refractivity contribution in [3.63, 3.8) is 0 Å². The van der Waals surface area contributed by atoms with Crippen LogP contribution in [-0.4, -0.2) is 89.2 Å². The van der Waals surface area contributed by atoms with E-state index in [1.807, 2.05) is 18.2 Å². The van der Waals surface area contributed by atoms with E-state index in [4.69, 9.17) is 15.6 Å². The Balaban J connectivity index is 1.64. The highest BCUT2D eigenvalue weighted by Gasteiger charge is 2.17. The number of anilines is 2. The summed E-state index contributed by atoms with van der Waals surface area (Å²) in [5, 5.41) is 12.5. The van der Waals surface area contributed by atoms with Gasteiger partial charge in [-0.2, -0.15) is 0 Å². The quantitative estimate of drug-likeness (QED) is 0.277. The van der Waals surface area contributed by atoms with Gasteiger partial charge in [-0.25, -0.2) is 0 Å². The first-order chi connectivity index (χ1) is 12.6. The van der Waals surface area contributed by atoms with Gasteiger partial charge in [0.2, 0.25) is 0 Å². The summed E-state index contributed by atoms with van der Waals surface area (Å²) in [5.74, 6) is 0.892. The predicted molar refractivity (Wildman–Crippen MR) is 107 cm³/mol. The van der Waals surface area contributed by atoms with Crippen molar-refractivity contribution >= 4 is 11.4 Å². The summed E-state index contributed by atoms with van der Waals surface area (Å²) in [6.07, 6.45) is 0. The van der Waals surface area contributed by atoms with Crippen molar-refractivity contribution in [3.05, 3.63) is 18.2 Å². The molecule has 7 heteroatoms. The van der Waals surface area contributed by atoms with Gasteiger partial charge in [0.1, 0.15) is 18.9 Å². The smallest absolute Gasteiger partial charge is 0.144 e. The lowest BCUT2D eigenvalue weighted by Gasteiger charge is -2.31. The number of quaternary nitrogens is 1. The molecule has 0 saturated carbocycles. The van der Waals surface area contributed by atoms with Gasteiger partial charge in [0.25, 0.3) is 0 Å². The average molecular weight is 367 g/mol. The van der Waals surface area contributed by atoms with E-state index >= 15 is 0 Å². The molecule has 1 unspecified atom stereocenters. The number of aliphatic hydroxyl groups is 1. The highest BCUT2D eigenvalue weighted by molar-refractivity contribution is 5.65. The normalized spacial score (nSPS) is 15.0. The fourth-order valence-corrected chi connectivity index (χ4v) is 3.20. The molecule has 148 valence electrons. The Bertz CT molecular complexity index is 529. The lowest BCUT2D eigenvalue weighted by Crippen LogP contribution is -3.10. The van der Waals surface area contributed by atoms with Gasteiger partial charge < -0.3 is 30.7 Å². The van der Waals surface area contributed by atoms with Gasteiger partial charge >= 0.3 is 0 Å². The van der Waals surface area contributed by atoms with Crippen LogP contribution in [0.1, 0.15) is 6.92 Å². The van der Waals surface area contributed by atoms with Crippen LogP contribution in [0.3, 0.4) is 0 Å². The van der Waals surface area contributed by atoms with Gasteiger partial charge in [-0.3, -0.25) is 4.90 Å².